The lowest BCUT2D eigenvalue weighted by Crippen LogP contribution is -2.60. The summed E-state index contributed by atoms with van der Waals surface area (Å²) in [5.74, 6) is 1.75. The molecule has 114 valence electrons. The molecule has 0 spiro atoms. The van der Waals surface area contributed by atoms with Crippen LogP contribution in [0.4, 0.5) is 0 Å². The van der Waals surface area contributed by atoms with Gasteiger partial charge in [0.1, 0.15) is 5.82 Å². The molecule has 6 nitrogen and oxygen atoms in total. The molecule has 21 heavy (non-hydrogen) atoms. The third-order valence-electron chi connectivity index (χ3n) is 5.11. The van der Waals surface area contributed by atoms with Crippen molar-refractivity contribution in [1.29, 1.82) is 0 Å². The molecule has 0 aromatic carbocycles. The fourth-order valence-electron chi connectivity index (χ4n) is 3.67. The molecule has 2 atom stereocenters. The smallest absolute Gasteiger partial charge is 0.293 e. The van der Waals surface area contributed by atoms with Crippen molar-refractivity contribution in [2.45, 2.75) is 57.0 Å². The minimum absolute atomic E-state index is 0.00382. The third kappa shape index (κ3) is 2.46. The van der Waals surface area contributed by atoms with Crippen LogP contribution in [0.25, 0.3) is 0 Å². The number of piperidine rings is 1. The minimum atomic E-state index is -0.00382. The van der Waals surface area contributed by atoms with Crippen LogP contribution >= 0.6 is 0 Å². The molecular weight excluding hydrogens is 266 g/mol. The first kappa shape index (κ1) is 13.2. The fraction of sp³-hybridized carbons (Fsp3) is 0.800. The number of H-pyrrole nitrogens is 1. The second-order valence-corrected chi connectivity index (χ2v) is 6.77. The van der Waals surface area contributed by atoms with Crippen molar-refractivity contribution < 1.29 is 4.79 Å². The molecule has 2 saturated heterocycles. The molecule has 1 aromatic heterocycles. The zero-order valence-electron chi connectivity index (χ0n) is 12.6. The molecule has 3 fully saturated rings. The van der Waals surface area contributed by atoms with Crippen molar-refractivity contribution in [3.63, 3.8) is 0 Å². The monoisotopic (exact) mass is 289 g/mol. The minimum Gasteiger partial charge on any atom is -0.330 e. The van der Waals surface area contributed by atoms with Crippen molar-refractivity contribution in [2.75, 3.05) is 19.6 Å². The fourth-order valence-corrected chi connectivity index (χ4v) is 3.67. The van der Waals surface area contributed by atoms with E-state index in [-0.39, 0.29) is 11.9 Å². The zero-order chi connectivity index (χ0) is 14.4. The maximum atomic E-state index is 12.7. The lowest BCUT2D eigenvalue weighted by Gasteiger charge is -2.47. The average molecular weight is 289 g/mol. The molecule has 1 saturated carbocycles. The van der Waals surface area contributed by atoms with Crippen molar-refractivity contribution >= 4 is 5.91 Å². The summed E-state index contributed by atoms with van der Waals surface area (Å²) in [5, 5.41) is 7.09. The summed E-state index contributed by atoms with van der Waals surface area (Å²) in [5.41, 5.74) is 0. The van der Waals surface area contributed by atoms with Gasteiger partial charge in [0.05, 0.1) is 0 Å². The van der Waals surface area contributed by atoms with E-state index in [1.165, 1.54) is 38.6 Å². The lowest BCUT2D eigenvalue weighted by molar-refractivity contribution is 0.0144. The zero-order valence-corrected chi connectivity index (χ0v) is 12.6. The van der Waals surface area contributed by atoms with E-state index in [4.69, 9.17) is 0 Å². The Bertz CT molecular complexity index is 538. The number of aromatic nitrogens is 3. The lowest BCUT2D eigenvalue weighted by atomic mass is 9.97. The summed E-state index contributed by atoms with van der Waals surface area (Å²) in [7, 11) is 0. The predicted octanol–water partition coefficient (Wildman–Crippen LogP) is 1.38. The van der Waals surface area contributed by atoms with E-state index < -0.39 is 0 Å². The van der Waals surface area contributed by atoms with Crippen LogP contribution in [0.1, 0.15) is 61.4 Å². The first-order valence-corrected chi connectivity index (χ1v) is 8.19. The van der Waals surface area contributed by atoms with Crippen LogP contribution in [0.5, 0.6) is 0 Å². The van der Waals surface area contributed by atoms with Gasteiger partial charge < -0.3 is 4.90 Å². The molecule has 1 N–H and O–H groups in total. The second-order valence-electron chi connectivity index (χ2n) is 6.77. The summed E-state index contributed by atoms with van der Waals surface area (Å²) in [4.78, 5) is 21.6. The van der Waals surface area contributed by atoms with Gasteiger partial charge in [0, 0.05) is 31.1 Å². The number of fused-ring (bicyclic) bond motifs is 1. The molecule has 2 unspecified atom stereocenters. The summed E-state index contributed by atoms with van der Waals surface area (Å²) < 4.78 is 0. The number of nitrogens with zero attached hydrogens (tertiary/aromatic N) is 4. The van der Waals surface area contributed by atoms with E-state index in [0.29, 0.717) is 17.8 Å². The van der Waals surface area contributed by atoms with Gasteiger partial charge in [-0.05, 0) is 39.2 Å². The van der Waals surface area contributed by atoms with Crippen LogP contribution in [0.2, 0.25) is 0 Å². The Hall–Kier alpha value is -1.43. The largest absolute Gasteiger partial charge is 0.330 e. The summed E-state index contributed by atoms with van der Waals surface area (Å²) in [6, 6.07) is 0.774. The molecule has 3 aliphatic rings. The van der Waals surface area contributed by atoms with Gasteiger partial charge >= 0.3 is 0 Å². The Labute approximate surface area is 124 Å². The maximum Gasteiger partial charge on any atom is 0.293 e. The van der Waals surface area contributed by atoms with Gasteiger partial charge in [0.25, 0.3) is 5.91 Å². The summed E-state index contributed by atoms with van der Waals surface area (Å²) in [6.07, 6.45) is 6.12. The Morgan fingerprint density at radius 3 is 2.90 bits per heavy atom. The summed E-state index contributed by atoms with van der Waals surface area (Å²) >= 11 is 0. The Balaban J connectivity index is 1.49. The van der Waals surface area contributed by atoms with Gasteiger partial charge in [-0.15, -0.1) is 5.10 Å². The van der Waals surface area contributed by atoms with Crippen molar-refractivity contribution in [1.82, 2.24) is 25.0 Å². The SMILES string of the molecule is CC1CN2CCCCC2CN1C(=O)c1n[nH]c(C2CC2)n1. The highest BCUT2D eigenvalue weighted by molar-refractivity contribution is 5.90. The number of carbonyl (C=O) groups excluding carboxylic acids is 1. The Morgan fingerprint density at radius 2 is 2.10 bits per heavy atom. The van der Waals surface area contributed by atoms with Crippen molar-refractivity contribution in [2.24, 2.45) is 0 Å². The summed E-state index contributed by atoms with van der Waals surface area (Å²) in [6.45, 7) is 5.13. The normalized spacial score (nSPS) is 30.2. The molecule has 1 amide bonds. The molecule has 1 aliphatic carbocycles. The van der Waals surface area contributed by atoms with Crippen LogP contribution in [0.3, 0.4) is 0 Å². The number of piperazine rings is 1. The maximum absolute atomic E-state index is 12.7. The average Bonchev–Trinajstić information content (AvgIpc) is 3.23. The number of hydrogen-bond donors (Lipinski definition) is 1. The van der Waals surface area contributed by atoms with Gasteiger partial charge in [0.2, 0.25) is 5.82 Å². The predicted molar refractivity (Wildman–Crippen MR) is 78.1 cm³/mol. The number of aromatic amines is 1. The van der Waals surface area contributed by atoms with E-state index in [9.17, 15) is 4.79 Å². The number of amides is 1. The number of nitrogens with one attached hydrogen (secondary N) is 1. The number of carbonyl (C=O) groups is 1. The highest BCUT2D eigenvalue weighted by Gasteiger charge is 2.37. The molecule has 3 heterocycles. The van der Waals surface area contributed by atoms with Crippen LogP contribution in [-0.2, 0) is 0 Å². The standard InChI is InChI=1S/C15H23N5O/c1-10-8-19-7-3-2-4-12(19)9-20(10)15(21)14-16-13(17-18-14)11-5-6-11/h10-12H,2-9H2,1H3,(H,16,17,18). The number of hydrogen-bond acceptors (Lipinski definition) is 4. The van der Waals surface area contributed by atoms with Crippen LogP contribution < -0.4 is 0 Å². The molecule has 2 aliphatic heterocycles. The topological polar surface area (TPSA) is 65.1 Å². The van der Waals surface area contributed by atoms with Gasteiger partial charge in [-0.25, -0.2) is 4.98 Å². The van der Waals surface area contributed by atoms with E-state index in [0.717, 1.165) is 18.9 Å². The van der Waals surface area contributed by atoms with Crippen LogP contribution in [0, 0.1) is 0 Å². The van der Waals surface area contributed by atoms with E-state index in [1.807, 2.05) is 4.90 Å². The van der Waals surface area contributed by atoms with Crippen molar-refractivity contribution in [3.8, 4) is 0 Å². The Morgan fingerprint density at radius 1 is 1.24 bits per heavy atom. The molecule has 0 bridgehead atoms. The van der Waals surface area contributed by atoms with E-state index in [2.05, 4.69) is 27.0 Å². The number of rotatable bonds is 2. The molecule has 0 radical (unpaired) electrons. The molecule has 1 aromatic rings. The first-order chi connectivity index (χ1) is 10.2. The van der Waals surface area contributed by atoms with Crippen LogP contribution in [0.15, 0.2) is 0 Å². The van der Waals surface area contributed by atoms with Gasteiger partial charge in [0.15, 0.2) is 0 Å². The third-order valence-corrected chi connectivity index (χ3v) is 5.11. The first-order valence-electron chi connectivity index (χ1n) is 8.19. The molecule has 6 heteroatoms. The van der Waals surface area contributed by atoms with Crippen LogP contribution in [-0.4, -0.2) is 62.6 Å². The second kappa shape index (κ2) is 5.09. The van der Waals surface area contributed by atoms with Crippen molar-refractivity contribution in [3.05, 3.63) is 11.6 Å². The van der Waals surface area contributed by atoms with Gasteiger partial charge in [-0.3, -0.25) is 14.8 Å². The van der Waals surface area contributed by atoms with Gasteiger partial charge in [-0.2, -0.15) is 0 Å². The Kier molecular flexibility index (Phi) is 3.21. The van der Waals surface area contributed by atoms with Gasteiger partial charge in [-0.1, -0.05) is 6.42 Å². The van der Waals surface area contributed by atoms with E-state index in [1.54, 1.807) is 0 Å². The highest BCUT2D eigenvalue weighted by atomic mass is 16.2. The molecule has 4 rings (SSSR count). The van der Waals surface area contributed by atoms with E-state index >= 15 is 0 Å². The highest BCUT2D eigenvalue weighted by Crippen LogP contribution is 2.37. The quantitative estimate of drug-likeness (QED) is 0.893. The molecular formula is C15H23N5O.